The first kappa shape index (κ1) is 19.8. The maximum absolute atomic E-state index is 12.4. The van der Waals surface area contributed by atoms with Crippen LogP contribution in [0.4, 0.5) is 0 Å². The van der Waals surface area contributed by atoms with Gasteiger partial charge in [-0.2, -0.15) is 0 Å². The molecule has 0 bridgehead atoms. The van der Waals surface area contributed by atoms with Crippen molar-refractivity contribution in [2.24, 2.45) is 17.4 Å². The lowest BCUT2D eigenvalue weighted by Crippen LogP contribution is -2.48. The van der Waals surface area contributed by atoms with Crippen LogP contribution in [0.15, 0.2) is 0 Å². The normalized spacial score (nSPS) is 16.8. The third-order valence-electron chi connectivity index (χ3n) is 4.55. The SMILES string of the molecule is NCCCCCC(=O)N(CC=O)C(=O)[C@H](N)CC1CCCCC1. The van der Waals surface area contributed by atoms with E-state index in [0.29, 0.717) is 31.6 Å². The highest BCUT2D eigenvalue weighted by Gasteiger charge is 2.28. The molecule has 0 radical (unpaired) electrons. The van der Waals surface area contributed by atoms with Gasteiger partial charge >= 0.3 is 0 Å². The van der Waals surface area contributed by atoms with Crippen molar-refractivity contribution in [3.05, 3.63) is 0 Å². The van der Waals surface area contributed by atoms with Gasteiger partial charge in [0.05, 0.1) is 12.6 Å². The van der Waals surface area contributed by atoms with Crippen molar-refractivity contribution in [3.8, 4) is 0 Å². The van der Waals surface area contributed by atoms with Crippen LogP contribution in [0.5, 0.6) is 0 Å². The second kappa shape index (κ2) is 11.3. The third kappa shape index (κ3) is 7.22. The lowest BCUT2D eigenvalue weighted by atomic mass is 9.84. The number of carbonyl (C=O) groups excluding carboxylic acids is 3. The monoisotopic (exact) mass is 325 g/mol. The Hall–Kier alpha value is -1.27. The molecule has 1 saturated carbocycles. The number of hydrogen-bond acceptors (Lipinski definition) is 5. The number of nitrogens with zero attached hydrogens (tertiary/aromatic N) is 1. The summed E-state index contributed by atoms with van der Waals surface area (Å²) in [6.45, 7) is 0.393. The van der Waals surface area contributed by atoms with Crippen molar-refractivity contribution >= 4 is 18.1 Å². The van der Waals surface area contributed by atoms with Crippen LogP contribution in [0.1, 0.15) is 64.2 Å². The molecule has 1 rings (SSSR count). The Balaban J connectivity index is 2.50. The van der Waals surface area contributed by atoms with Crippen LogP contribution in [0, 0.1) is 5.92 Å². The first-order chi connectivity index (χ1) is 11.1. The van der Waals surface area contributed by atoms with E-state index in [0.717, 1.165) is 30.6 Å². The van der Waals surface area contributed by atoms with E-state index in [1.807, 2.05) is 0 Å². The molecule has 6 heteroatoms. The van der Waals surface area contributed by atoms with Gasteiger partial charge in [-0.1, -0.05) is 38.5 Å². The van der Waals surface area contributed by atoms with Gasteiger partial charge in [0, 0.05) is 6.42 Å². The number of aldehydes is 1. The molecular formula is C17H31N3O3. The van der Waals surface area contributed by atoms with Crippen molar-refractivity contribution < 1.29 is 14.4 Å². The smallest absolute Gasteiger partial charge is 0.246 e. The summed E-state index contributed by atoms with van der Waals surface area (Å²) in [5, 5.41) is 0. The van der Waals surface area contributed by atoms with Gasteiger partial charge in [0.15, 0.2) is 0 Å². The van der Waals surface area contributed by atoms with Crippen LogP contribution in [0.2, 0.25) is 0 Å². The van der Waals surface area contributed by atoms with E-state index in [2.05, 4.69) is 0 Å². The number of amides is 2. The van der Waals surface area contributed by atoms with E-state index in [4.69, 9.17) is 11.5 Å². The van der Waals surface area contributed by atoms with Gasteiger partial charge in [-0.3, -0.25) is 14.5 Å². The summed E-state index contributed by atoms with van der Waals surface area (Å²) in [6, 6.07) is -0.689. The van der Waals surface area contributed by atoms with E-state index in [1.54, 1.807) is 0 Å². The molecule has 23 heavy (non-hydrogen) atoms. The number of hydrogen-bond donors (Lipinski definition) is 2. The van der Waals surface area contributed by atoms with Crippen LogP contribution in [-0.4, -0.2) is 42.1 Å². The Morgan fingerprint density at radius 1 is 1.13 bits per heavy atom. The summed E-state index contributed by atoms with van der Waals surface area (Å²) < 4.78 is 0. The second-order valence-electron chi connectivity index (χ2n) is 6.45. The topological polar surface area (TPSA) is 106 Å². The van der Waals surface area contributed by atoms with Crippen LogP contribution in [-0.2, 0) is 14.4 Å². The second-order valence-corrected chi connectivity index (χ2v) is 6.45. The molecule has 0 spiro atoms. The van der Waals surface area contributed by atoms with Crippen LogP contribution in [0.25, 0.3) is 0 Å². The molecule has 0 aliphatic heterocycles. The highest BCUT2D eigenvalue weighted by Crippen LogP contribution is 2.27. The largest absolute Gasteiger partial charge is 0.330 e. The molecule has 0 heterocycles. The van der Waals surface area contributed by atoms with E-state index in [-0.39, 0.29) is 18.9 Å². The molecule has 1 atom stereocenters. The van der Waals surface area contributed by atoms with E-state index in [1.165, 1.54) is 19.3 Å². The Labute approximate surface area is 138 Å². The number of nitrogens with two attached hydrogens (primary N) is 2. The quantitative estimate of drug-likeness (QED) is 0.466. The Morgan fingerprint density at radius 2 is 1.83 bits per heavy atom. The molecule has 0 aromatic rings. The minimum atomic E-state index is -0.689. The maximum Gasteiger partial charge on any atom is 0.246 e. The fourth-order valence-electron chi connectivity index (χ4n) is 3.20. The highest BCUT2D eigenvalue weighted by atomic mass is 16.2. The molecule has 132 valence electrons. The van der Waals surface area contributed by atoms with Crippen molar-refractivity contribution in [1.82, 2.24) is 4.90 Å². The van der Waals surface area contributed by atoms with Gasteiger partial charge in [-0.15, -0.1) is 0 Å². The van der Waals surface area contributed by atoms with Gasteiger partial charge in [0.1, 0.15) is 6.29 Å². The van der Waals surface area contributed by atoms with Crippen LogP contribution < -0.4 is 11.5 Å². The Kier molecular flexibility index (Phi) is 9.71. The van der Waals surface area contributed by atoms with Gasteiger partial charge in [0.2, 0.25) is 11.8 Å². The number of carbonyl (C=O) groups is 3. The maximum atomic E-state index is 12.4. The van der Waals surface area contributed by atoms with Crippen molar-refractivity contribution in [2.45, 2.75) is 70.3 Å². The molecular weight excluding hydrogens is 294 g/mol. The zero-order valence-corrected chi connectivity index (χ0v) is 14.0. The number of imide groups is 1. The molecule has 0 aromatic carbocycles. The van der Waals surface area contributed by atoms with Gasteiger partial charge in [-0.25, -0.2) is 0 Å². The molecule has 1 aliphatic rings. The molecule has 2 amide bonds. The highest BCUT2D eigenvalue weighted by molar-refractivity contribution is 5.99. The third-order valence-corrected chi connectivity index (χ3v) is 4.55. The summed E-state index contributed by atoms with van der Waals surface area (Å²) in [5.74, 6) is -0.259. The summed E-state index contributed by atoms with van der Waals surface area (Å²) in [5.41, 5.74) is 11.4. The summed E-state index contributed by atoms with van der Waals surface area (Å²) in [6.07, 6.45) is 9.65. The molecule has 0 aromatic heterocycles. The fraction of sp³-hybridized carbons (Fsp3) is 0.824. The van der Waals surface area contributed by atoms with Crippen molar-refractivity contribution in [2.75, 3.05) is 13.1 Å². The minimum absolute atomic E-state index is 0.201. The Bertz CT molecular complexity index is 381. The molecule has 0 saturated heterocycles. The zero-order chi connectivity index (χ0) is 17.1. The van der Waals surface area contributed by atoms with Crippen LogP contribution >= 0.6 is 0 Å². The van der Waals surface area contributed by atoms with Gasteiger partial charge in [-0.05, 0) is 31.7 Å². The number of rotatable bonds is 10. The first-order valence-corrected chi connectivity index (χ1v) is 8.83. The Morgan fingerprint density at radius 3 is 2.43 bits per heavy atom. The summed E-state index contributed by atoms with van der Waals surface area (Å²) >= 11 is 0. The lowest BCUT2D eigenvalue weighted by Gasteiger charge is -2.27. The number of unbranched alkanes of at least 4 members (excludes halogenated alkanes) is 2. The van der Waals surface area contributed by atoms with Gasteiger partial charge in [0.25, 0.3) is 0 Å². The van der Waals surface area contributed by atoms with Gasteiger partial charge < -0.3 is 16.3 Å². The van der Waals surface area contributed by atoms with Crippen LogP contribution in [0.3, 0.4) is 0 Å². The first-order valence-electron chi connectivity index (χ1n) is 8.83. The predicted octanol–water partition coefficient (Wildman–Crippen LogP) is 1.36. The van der Waals surface area contributed by atoms with Crippen molar-refractivity contribution in [3.63, 3.8) is 0 Å². The molecule has 6 nitrogen and oxygen atoms in total. The van der Waals surface area contributed by atoms with E-state index in [9.17, 15) is 14.4 Å². The molecule has 1 fully saturated rings. The average Bonchev–Trinajstić information content (AvgIpc) is 2.56. The predicted molar refractivity (Wildman–Crippen MR) is 89.5 cm³/mol. The fourth-order valence-corrected chi connectivity index (χ4v) is 3.20. The minimum Gasteiger partial charge on any atom is -0.330 e. The molecule has 4 N–H and O–H groups in total. The zero-order valence-electron chi connectivity index (χ0n) is 14.0. The van der Waals surface area contributed by atoms with E-state index < -0.39 is 11.9 Å². The molecule has 1 aliphatic carbocycles. The average molecular weight is 325 g/mol. The standard InChI is InChI=1S/C17H31N3O3/c18-10-6-2-5-9-16(22)20(11-12-21)17(23)15(19)13-14-7-3-1-4-8-14/h12,14-15H,1-11,13,18-19H2/t15-/m1/s1. The lowest BCUT2D eigenvalue weighted by molar-refractivity contribution is -0.147. The van der Waals surface area contributed by atoms with Crippen molar-refractivity contribution in [1.29, 1.82) is 0 Å². The van der Waals surface area contributed by atoms with E-state index >= 15 is 0 Å². The summed E-state index contributed by atoms with van der Waals surface area (Å²) in [7, 11) is 0. The molecule has 0 unspecified atom stereocenters. The summed E-state index contributed by atoms with van der Waals surface area (Å²) in [4.78, 5) is 36.5.